The minimum Gasteiger partial charge on any atom is -0.489 e. The third kappa shape index (κ3) is 3.75. The Hall–Kier alpha value is -2.02. The van der Waals surface area contributed by atoms with Crippen LogP contribution in [0.5, 0.6) is 5.75 Å². The lowest BCUT2D eigenvalue weighted by atomic mass is 10.1. The van der Waals surface area contributed by atoms with E-state index in [1.54, 1.807) is 31.2 Å². The van der Waals surface area contributed by atoms with E-state index in [2.05, 4.69) is 6.07 Å². The van der Waals surface area contributed by atoms with E-state index < -0.39 is 6.10 Å². The minimum absolute atomic E-state index is 0.374. The van der Waals surface area contributed by atoms with Crippen LogP contribution in [0.3, 0.4) is 0 Å². The number of aliphatic hydroxyl groups is 1. The molecule has 0 aliphatic carbocycles. The van der Waals surface area contributed by atoms with Crippen molar-refractivity contribution in [3.05, 3.63) is 63.7 Å². The molecule has 1 atom stereocenters. The van der Waals surface area contributed by atoms with Crippen molar-refractivity contribution in [2.24, 2.45) is 0 Å². The summed E-state index contributed by atoms with van der Waals surface area (Å²) in [6, 6.07) is 12.8. The summed E-state index contributed by atoms with van der Waals surface area (Å²) in [4.78, 5) is 0. The Morgan fingerprint density at radius 3 is 2.67 bits per heavy atom. The molecular formula is C17H16ClNO2. The van der Waals surface area contributed by atoms with Crippen LogP contribution in [0.4, 0.5) is 0 Å². The Morgan fingerprint density at radius 2 is 2.05 bits per heavy atom. The highest BCUT2D eigenvalue weighted by Gasteiger charge is 2.11. The summed E-state index contributed by atoms with van der Waals surface area (Å²) in [5.41, 5.74) is 3.29. The number of aryl methyl sites for hydroxylation is 1. The number of nitrogens with zero attached hydrogens (tertiary/aromatic N) is 1. The standard InChI is InChI=1S/C17H16ClNO2/c1-11-7-13(9-19)3-4-14(11)10-21-17-6-5-15(18)8-16(17)12(2)20/h3-8,12,20H,10H2,1-2H3/t12-/m0/s1. The van der Waals surface area contributed by atoms with Crippen molar-refractivity contribution in [2.75, 3.05) is 0 Å². The molecule has 1 N–H and O–H groups in total. The number of halogens is 1. The Morgan fingerprint density at radius 1 is 1.29 bits per heavy atom. The second-order valence-electron chi connectivity index (χ2n) is 4.90. The summed E-state index contributed by atoms with van der Waals surface area (Å²) in [6.45, 7) is 3.99. The summed E-state index contributed by atoms with van der Waals surface area (Å²) in [5, 5.41) is 19.2. The van der Waals surface area contributed by atoms with Gasteiger partial charge in [-0.2, -0.15) is 5.26 Å². The first-order valence-electron chi connectivity index (χ1n) is 6.61. The first-order chi connectivity index (χ1) is 10.0. The maximum atomic E-state index is 9.77. The first-order valence-corrected chi connectivity index (χ1v) is 6.99. The van der Waals surface area contributed by atoms with Gasteiger partial charge in [-0.1, -0.05) is 17.7 Å². The molecule has 3 nitrogen and oxygen atoms in total. The Balaban J connectivity index is 2.19. The van der Waals surface area contributed by atoms with Gasteiger partial charge in [0.05, 0.1) is 17.7 Å². The molecule has 0 bridgehead atoms. The molecule has 0 fully saturated rings. The molecule has 108 valence electrons. The lowest BCUT2D eigenvalue weighted by Gasteiger charge is -2.15. The molecule has 0 saturated carbocycles. The molecule has 0 aromatic heterocycles. The van der Waals surface area contributed by atoms with Gasteiger partial charge in [0.15, 0.2) is 0 Å². The summed E-state index contributed by atoms with van der Waals surface area (Å²) in [7, 11) is 0. The molecule has 0 radical (unpaired) electrons. The molecule has 0 heterocycles. The molecule has 0 unspecified atom stereocenters. The van der Waals surface area contributed by atoms with Crippen LogP contribution < -0.4 is 4.74 Å². The highest BCUT2D eigenvalue weighted by Crippen LogP contribution is 2.29. The van der Waals surface area contributed by atoms with Crippen LogP contribution in [0.25, 0.3) is 0 Å². The number of benzene rings is 2. The fourth-order valence-electron chi connectivity index (χ4n) is 2.06. The van der Waals surface area contributed by atoms with Crippen molar-refractivity contribution in [1.82, 2.24) is 0 Å². The highest BCUT2D eigenvalue weighted by atomic mass is 35.5. The number of ether oxygens (including phenoxy) is 1. The molecule has 0 aliphatic heterocycles. The van der Waals surface area contributed by atoms with Gasteiger partial charge in [-0.25, -0.2) is 0 Å². The molecule has 0 aliphatic rings. The van der Waals surface area contributed by atoms with Crippen LogP contribution in [0.1, 0.15) is 35.3 Å². The van der Waals surface area contributed by atoms with Crippen LogP contribution in [0.2, 0.25) is 5.02 Å². The van der Waals surface area contributed by atoms with E-state index in [0.29, 0.717) is 28.5 Å². The van der Waals surface area contributed by atoms with Gasteiger partial charge in [0.1, 0.15) is 12.4 Å². The average Bonchev–Trinajstić information content (AvgIpc) is 2.46. The van der Waals surface area contributed by atoms with E-state index in [-0.39, 0.29) is 0 Å². The highest BCUT2D eigenvalue weighted by molar-refractivity contribution is 6.30. The number of nitriles is 1. The normalized spacial score (nSPS) is 11.8. The van der Waals surface area contributed by atoms with E-state index in [0.717, 1.165) is 11.1 Å². The smallest absolute Gasteiger partial charge is 0.125 e. The zero-order valence-corrected chi connectivity index (χ0v) is 12.7. The molecule has 2 aromatic rings. The summed E-state index contributed by atoms with van der Waals surface area (Å²) < 4.78 is 5.79. The van der Waals surface area contributed by atoms with E-state index in [4.69, 9.17) is 21.6 Å². The van der Waals surface area contributed by atoms with E-state index in [1.165, 1.54) is 0 Å². The van der Waals surface area contributed by atoms with Crippen molar-refractivity contribution >= 4 is 11.6 Å². The summed E-state index contributed by atoms with van der Waals surface area (Å²) in [6.07, 6.45) is -0.652. The molecule has 2 aromatic carbocycles. The zero-order valence-electron chi connectivity index (χ0n) is 11.9. The van der Waals surface area contributed by atoms with Crippen LogP contribution >= 0.6 is 11.6 Å². The maximum absolute atomic E-state index is 9.77. The van der Waals surface area contributed by atoms with Gasteiger partial charge in [0.25, 0.3) is 0 Å². The molecule has 0 saturated heterocycles. The zero-order chi connectivity index (χ0) is 15.4. The van der Waals surface area contributed by atoms with Crippen LogP contribution in [-0.4, -0.2) is 5.11 Å². The number of rotatable bonds is 4. The molecule has 4 heteroatoms. The van der Waals surface area contributed by atoms with Gasteiger partial charge in [0, 0.05) is 10.6 Å². The lowest BCUT2D eigenvalue weighted by molar-refractivity contribution is 0.190. The van der Waals surface area contributed by atoms with Gasteiger partial charge in [-0.15, -0.1) is 0 Å². The number of aliphatic hydroxyl groups excluding tert-OH is 1. The summed E-state index contributed by atoms with van der Waals surface area (Å²) in [5.74, 6) is 0.609. The van der Waals surface area contributed by atoms with Crippen molar-refractivity contribution in [3.63, 3.8) is 0 Å². The second kappa shape index (κ2) is 6.62. The van der Waals surface area contributed by atoms with Crippen LogP contribution in [0.15, 0.2) is 36.4 Å². The van der Waals surface area contributed by atoms with Gasteiger partial charge < -0.3 is 9.84 Å². The van der Waals surface area contributed by atoms with Gasteiger partial charge >= 0.3 is 0 Å². The first kappa shape index (κ1) is 15.4. The fourth-order valence-corrected chi connectivity index (χ4v) is 2.24. The Labute approximate surface area is 129 Å². The topological polar surface area (TPSA) is 53.2 Å². The molecule has 21 heavy (non-hydrogen) atoms. The predicted octanol–water partition coefficient (Wildman–Crippen LogP) is 4.15. The van der Waals surface area contributed by atoms with Crippen molar-refractivity contribution in [1.29, 1.82) is 5.26 Å². The Bertz CT molecular complexity index is 690. The van der Waals surface area contributed by atoms with Gasteiger partial charge in [-0.3, -0.25) is 0 Å². The van der Waals surface area contributed by atoms with Crippen molar-refractivity contribution < 1.29 is 9.84 Å². The van der Waals surface area contributed by atoms with Gasteiger partial charge in [0.2, 0.25) is 0 Å². The van der Waals surface area contributed by atoms with E-state index >= 15 is 0 Å². The SMILES string of the molecule is Cc1cc(C#N)ccc1COc1ccc(Cl)cc1[C@H](C)O. The number of hydrogen-bond acceptors (Lipinski definition) is 3. The predicted molar refractivity (Wildman–Crippen MR) is 82.3 cm³/mol. The molecular weight excluding hydrogens is 286 g/mol. The second-order valence-corrected chi connectivity index (χ2v) is 5.34. The Kier molecular flexibility index (Phi) is 4.85. The molecule has 0 amide bonds. The minimum atomic E-state index is -0.652. The number of hydrogen-bond donors (Lipinski definition) is 1. The van der Waals surface area contributed by atoms with E-state index in [1.807, 2.05) is 19.1 Å². The molecule has 0 spiro atoms. The largest absolute Gasteiger partial charge is 0.489 e. The van der Waals surface area contributed by atoms with Crippen LogP contribution in [-0.2, 0) is 6.61 Å². The maximum Gasteiger partial charge on any atom is 0.125 e. The van der Waals surface area contributed by atoms with Crippen LogP contribution in [0, 0.1) is 18.3 Å². The fraction of sp³-hybridized carbons (Fsp3) is 0.235. The van der Waals surface area contributed by atoms with Gasteiger partial charge in [-0.05, 0) is 55.3 Å². The quantitative estimate of drug-likeness (QED) is 0.923. The summed E-state index contributed by atoms with van der Waals surface area (Å²) >= 11 is 5.94. The molecule has 2 rings (SSSR count). The third-order valence-electron chi connectivity index (χ3n) is 3.28. The van der Waals surface area contributed by atoms with Crippen molar-refractivity contribution in [3.8, 4) is 11.8 Å². The van der Waals surface area contributed by atoms with Crippen molar-refractivity contribution in [2.45, 2.75) is 26.6 Å². The lowest BCUT2D eigenvalue weighted by Crippen LogP contribution is -2.02. The monoisotopic (exact) mass is 301 g/mol. The average molecular weight is 302 g/mol. The third-order valence-corrected chi connectivity index (χ3v) is 3.51. The van der Waals surface area contributed by atoms with E-state index in [9.17, 15) is 5.11 Å².